The lowest BCUT2D eigenvalue weighted by molar-refractivity contribution is -0.142. The van der Waals surface area contributed by atoms with E-state index in [1.807, 2.05) is 0 Å². The summed E-state index contributed by atoms with van der Waals surface area (Å²) in [4.78, 5) is 36.2. The van der Waals surface area contributed by atoms with Gasteiger partial charge in [-0.15, -0.1) is 0 Å². The third kappa shape index (κ3) is 3.59. The van der Waals surface area contributed by atoms with Gasteiger partial charge in [-0.05, 0) is 41.4 Å². The van der Waals surface area contributed by atoms with Gasteiger partial charge in [0, 0.05) is 31.5 Å². The molecule has 3 rings (SSSR count). The number of hydrazine groups is 1. The number of aromatic nitrogens is 2. The SMILES string of the molecule is COC(=O)CCCC(=O)N1CCCN1C(=O)c1ccc2nonc2c1. The quantitative estimate of drug-likeness (QED) is 0.748. The number of esters is 1. The minimum atomic E-state index is -0.350. The van der Waals surface area contributed by atoms with Crippen molar-refractivity contribution < 1.29 is 23.7 Å². The van der Waals surface area contributed by atoms with Crippen molar-refractivity contribution in [2.24, 2.45) is 0 Å². The maximum atomic E-state index is 12.7. The molecule has 9 heteroatoms. The lowest BCUT2D eigenvalue weighted by Gasteiger charge is -2.28. The number of carbonyl (C=O) groups excluding carboxylic acids is 3. The molecule has 1 saturated heterocycles. The Hall–Kier alpha value is -2.97. The first-order chi connectivity index (χ1) is 12.1. The second kappa shape index (κ2) is 7.29. The minimum Gasteiger partial charge on any atom is -0.469 e. The number of rotatable bonds is 5. The van der Waals surface area contributed by atoms with E-state index in [4.69, 9.17) is 0 Å². The first-order valence-electron chi connectivity index (χ1n) is 8.01. The maximum absolute atomic E-state index is 12.7. The Morgan fingerprint density at radius 1 is 1.12 bits per heavy atom. The number of ether oxygens (including phenoxy) is 1. The summed E-state index contributed by atoms with van der Waals surface area (Å²) in [6.07, 6.45) is 1.47. The summed E-state index contributed by atoms with van der Waals surface area (Å²) in [5.41, 5.74) is 1.46. The monoisotopic (exact) mass is 346 g/mol. The molecule has 2 amide bonds. The number of hydrogen-bond donors (Lipinski definition) is 0. The number of benzene rings is 1. The van der Waals surface area contributed by atoms with Crippen molar-refractivity contribution in [3.05, 3.63) is 23.8 Å². The highest BCUT2D eigenvalue weighted by molar-refractivity contribution is 5.98. The van der Waals surface area contributed by atoms with Gasteiger partial charge < -0.3 is 4.74 Å². The van der Waals surface area contributed by atoms with E-state index in [0.29, 0.717) is 42.5 Å². The Morgan fingerprint density at radius 3 is 2.68 bits per heavy atom. The van der Waals surface area contributed by atoms with Crippen molar-refractivity contribution in [2.75, 3.05) is 20.2 Å². The van der Waals surface area contributed by atoms with Gasteiger partial charge in [-0.1, -0.05) is 0 Å². The molecule has 0 bridgehead atoms. The van der Waals surface area contributed by atoms with Crippen LogP contribution in [0.25, 0.3) is 11.0 Å². The van der Waals surface area contributed by atoms with Gasteiger partial charge in [-0.3, -0.25) is 19.4 Å². The Balaban J connectivity index is 1.66. The summed E-state index contributed by atoms with van der Waals surface area (Å²) in [5, 5.41) is 10.3. The molecule has 1 aliphatic rings. The number of carbonyl (C=O) groups is 3. The molecule has 132 valence electrons. The normalized spacial score (nSPS) is 14.1. The number of methoxy groups -OCH3 is 1. The zero-order valence-electron chi connectivity index (χ0n) is 13.8. The second-order valence-corrected chi connectivity index (χ2v) is 5.70. The molecule has 1 fully saturated rings. The molecule has 1 aromatic carbocycles. The molecule has 0 radical (unpaired) electrons. The van der Waals surface area contributed by atoms with E-state index >= 15 is 0 Å². The zero-order chi connectivity index (χ0) is 17.8. The smallest absolute Gasteiger partial charge is 0.305 e. The van der Waals surface area contributed by atoms with Gasteiger partial charge in [0.2, 0.25) is 5.91 Å². The van der Waals surface area contributed by atoms with Gasteiger partial charge in [-0.25, -0.2) is 9.64 Å². The summed E-state index contributed by atoms with van der Waals surface area (Å²) in [6.45, 7) is 0.952. The summed E-state index contributed by atoms with van der Waals surface area (Å²) in [5.74, 6) is -0.806. The molecule has 0 unspecified atom stereocenters. The summed E-state index contributed by atoms with van der Waals surface area (Å²) >= 11 is 0. The van der Waals surface area contributed by atoms with Crippen molar-refractivity contribution >= 4 is 28.8 Å². The molecule has 0 N–H and O–H groups in total. The predicted octanol–water partition coefficient (Wildman–Crippen LogP) is 1.16. The molecule has 25 heavy (non-hydrogen) atoms. The molecule has 2 heterocycles. The van der Waals surface area contributed by atoms with Gasteiger partial charge in [0.05, 0.1) is 7.11 Å². The third-order valence-electron chi connectivity index (χ3n) is 4.05. The lowest BCUT2D eigenvalue weighted by atomic mass is 10.2. The highest BCUT2D eigenvalue weighted by Crippen LogP contribution is 2.19. The summed E-state index contributed by atoms with van der Waals surface area (Å²) in [7, 11) is 1.31. The highest BCUT2D eigenvalue weighted by atomic mass is 16.6. The van der Waals surface area contributed by atoms with E-state index in [9.17, 15) is 14.4 Å². The molecule has 0 saturated carbocycles. The van der Waals surface area contributed by atoms with Crippen LogP contribution in [0.5, 0.6) is 0 Å². The van der Waals surface area contributed by atoms with Crippen molar-refractivity contribution in [1.29, 1.82) is 0 Å². The molecule has 0 atom stereocenters. The molecular weight excluding hydrogens is 328 g/mol. The Labute approximate surface area is 143 Å². The fraction of sp³-hybridized carbons (Fsp3) is 0.438. The number of hydrogen-bond acceptors (Lipinski definition) is 7. The number of nitrogens with zero attached hydrogens (tertiary/aromatic N) is 4. The first kappa shape index (κ1) is 16.9. The van der Waals surface area contributed by atoms with Gasteiger partial charge in [0.1, 0.15) is 11.0 Å². The van der Waals surface area contributed by atoms with Crippen LogP contribution in [0.3, 0.4) is 0 Å². The summed E-state index contributed by atoms with van der Waals surface area (Å²) in [6, 6.07) is 4.87. The van der Waals surface area contributed by atoms with Crippen LogP contribution in [0.4, 0.5) is 0 Å². The third-order valence-corrected chi connectivity index (χ3v) is 4.05. The standard InChI is InChI=1S/C16H18N4O5/c1-24-15(22)5-2-4-14(21)19-8-3-9-20(19)16(23)11-6-7-12-13(10-11)18-25-17-12/h6-7,10H,2-5,8-9H2,1H3. The second-order valence-electron chi connectivity index (χ2n) is 5.70. The van der Waals surface area contributed by atoms with Crippen LogP contribution < -0.4 is 0 Å². The Kier molecular flexibility index (Phi) is 4.92. The van der Waals surface area contributed by atoms with Gasteiger partial charge in [-0.2, -0.15) is 0 Å². The van der Waals surface area contributed by atoms with Crippen molar-refractivity contribution in [3.8, 4) is 0 Å². The van der Waals surface area contributed by atoms with Crippen molar-refractivity contribution in [1.82, 2.24) is 20.3 Å². The number of amides is 2. The highest BCUT2D eigenvalue weighted by Gasteiger charge is 2.31. The predicted molar refractivity (Wildman–Crippen MR) is 85.0 cm³/mol. The van der Waals surface area contributed by atoms with E-state index in [-0.39, 0.29) is 30.6 Å². The topological polar surface area (TPSA) is 106 Å². The van der Waals surface area contributed by atoms with Crippen LogP contribution in [0.1, 0.15) is 36.0 Å². The van der Waals surface area contributed by atoms with Crippen LogP contribution >= 0.6 is 0 Å². The molecule has 0 aliphatic carbocycles. The van der Waals surface area contributed by atoms with Crippen LogP contribution in [-0.2, 0) is 14.3 Å². The van der Waals surface area contributed by atoms with Gasteiger partial charge in [0.15, 0.2) is 0 Å². The van der Waals surface area contributed by atoms with Crippen molar-refractivity contribution in [3.63, 3.8) is 0 Å². The molecule has 9 nitrogen and oxygen atoms in total. The largest absolute Gasteiger partial charge is 0.469 e. The van der Waals surface area contributed by atoms with Crippen LogP contribution in [-0.4, -0.2) is 58.3 Å². The Bertz CT molecular complexity index is 803. The number of fused-ring (bicyclic) bond motifs is 1. The zero-order valence-corrected chi connectivity index (χ0v) is 13.8. The van der Waals surface area contributed by atoms with E-state index in [2.05, 4.69) is 19.7 Å². The Morgan fingerprint density at radius 2 is 1.88 bits per heavy atom. The summed E-state index contributed by atoms with van der Waals surface area (Å²) < 4.78 is 9.19. The van der Waals surface area contributed by atoms with Crippen LogP contribution in [0.2, 0.25) is 0 Å². The molecule has 2 aromatic rings. The van der Waals surface area contributed by atoms with Gasteiger partial charge in [0.25, 0.3) is 5.91 Å². The maximum Gasteiger partial charge on any atom is 0.305 e. The van der Waals surface area contributed by atoms with E-state index in [0.717, 1.165) is 0 Å². The van der Waals surface area contributed by atoms with Crippen molar-refractivity contribution in [2.45, 2.75) is 25.7 Å². The molecule has 0 spiro atoms. The molecule has 1 aliphatic heterocycles. The van der Waals surface area contributed by atoms with E-state index in [1.54, 1.807) is 18.2 Å². The molecular formula is C16H18N4O5. The first-order valence-corrected chi connectivity index (χ1v) is 8.01. The van der Waals surface area contributed by atoms with Gasteiger partial charge >= 0.3 is 5.97 Å². The fourth-order valence-corrected chi connectivity index (χ4v) is 2.76. The van der Waals surface area contributed by atoms with E-state index < -0.39 is 0 Å². The van der Waals surface area contributed by atoms with Crippen LogP contribution in [0, 0.1) is 0 Å². The lowest BCUT2D eigenvalue weighted by Crippen LogP contribution is -2.44. The van der Waals surface area contributed by atoms with E-state index in [1.165, 1.54) is 17.1 Å². The average Bonchev–Trinajstić information content (AvgIpc) is 3.29. The molecule has 1 aromatic heterocycles. The fourth-order valence-electron chi connectivity index (χ4n) is 2.76. The minimum absolute atomic E-state index is 0.180. The average molecular weight is 346 g/mol. The van der Waals surface area contributed by atoms with Crippen LogP contribution in [0.15, 0.2) is 22.8 Å².